The van der Waals surface area contributed by atoms with Crippen molar-refractivity contribution < 1.29 is 19.5 Å². The fourth-order valence-corrected chi connectivity index (χ4v) is 9.86. The van der Waals surface area contributed by atoms with E-state index < -0.39 is 22.6 Å². The van der Waals surface area contributed by atoms with Gasteiger partial charge in [-0.2, -0.15) is 0 Å². The molecule has 0 radical (unpaired) electrons. The van der Waals surface area contributed by atoms with Gasteiger partial charge in [0.05, 0.1) is 22.1 Å². The monoisotopic (exact) mass is 642 g/mol. The predicted molar refractivity (Wildman–Crippen MR) is 178 cm³/mol. The maximum atomic E-state index is 14.8. The first-order valence-electron chi connectivity index (χ1n) is 16.1. The average molecular weight is 643 g/mol. The highest BCUT2D eigenvalue weighted by Gasteiger charge is 2.74. The number of rotatable bonds is 15. The second kappa shape index (κ2) is 13.8. The molecule has 3 fully saturated rings. The summed E-state index contributed by atoms with van der Waals surface area (Å²) < 4.78 is 1.00. The summed E-state index contributed by atoms with van der Waals surface area (Å²) in [4.78, 5) is 49.0. The van der Waals surface area contributed by atoms with Crippen LogP contribution < -0.4 is 0 Å². The summed E-state index contributed by atoms with van der Waals surface area (Å²) in [5, 5.41) is 17.9. The quantitative estimate of drug-likeness (QED) is 0.198. The molecule has 4 heterocycles. The van der Waals surface area contributed by atoms with Gasteiger partial charge in [0.1, 0.15) is 18.2 Å². The Bertz CT molecular complexity index is 1600. The van der Waals surface area contributed by atoms with Gasteiger partial charge in [-0.05, 0) is 49.8 Å². The number of para-hydroxylation sites is 1. The van der Waals surface area contributed by atoms with Gasteiger partial charge in [-0.3, -0.25) is 14.4 Å². The van der Waals surface area contributed by atoms with Crippen molar-refractivity contribution >= 4 is 40.5 Å². The van der Waals surface area contributed by atoms with Gasteiger partial charge < -0.3 is 19.8 Å². The van der Waals surface area contributed by atoms with Crippen LogP contribution in [0.15, 0.2) is 79.9 Å². The van der Waals surface area contributed by atoms with Crippen LogP contribution in [0.1, 0.15) is 37.7 Å². The summed E-state index contributed by atoms with van der Waals surface area (Å²) in [6.07, 6.45) is 6.92. The normalized spacial score (nSPS) is 24.7. The van der Waals surface area contributed by atoms with Crippen molar-refractivity contribution in [2.45, 2.75) is 61.4 Å². The fraction of sp³-hybridized carbons (Fsp3) is 0.457. The van der Waals surface area contributed by atoms with E-state index in [-0.39, 0.29) is 42.8 Å². The number of aromatic nitrogens is 3. The van der Waals surface area contributed by atoms with Crippen molar-refractivity contribution in [3.05, 3.63) is 85.5 Å². The third-order valence-electron chi connectivity index (χ3n) is 9.64. The highest BCUT2D eigenvalue weighted by molar-refractivity contribution is 8.02. The number of likely N-dealkylation sites (tertiary alicyclic amines) is 1. The molecule has 5 atom stereocenters. The molecule has 11 heteroatoms. The topological polar surface area (TPSA) is 112 Å². The largest absolute Gasteiger partial charge is 0.396 e. The van der Waals surface area contributed by atoms with Gasteiger partial charge in [-0.15, -0.1) is 30.0 Å². The van der Waals surface area contributed by atoms with E-state index in [0.29, 0.717) is 38.9 Å². The van der Waals surface area contributed by atoms with Crippen LogP contribution in [0.3, 0.4) is 0 Å². The number of thioether (sulfide) groups is 1. The van der Waals surface area contributed by atoms with Gasteiger partial charge in [0.25, 0.3) is 0 Å². The van der Waals surface area contributed by atoms with E-state index in [0.717, 1.165) is 29.4 Å². The van der Waals surface area contributed by atoms with E-state index in [1.165, 1.54) is 0 Å². The number of hydrogen-bond donors (Lipinski definition) is 1. The number of aliphatic hydroxyl groups excluding tert-OH is 1. The molecule has 2 unspecified atom stereocenters. The molecule has 10 nitrogen and oxygen atoms in total. The maximum absolute atomic E-state index is 14.8. The number of amides is 3. The standard InChI is InChI=1S/C35H42N6O4S/c1-3-19-38(23-25-13-7-5-8-14-25)32(43)29-28-17-18-35(46-28)30(29)33(44)40(21-11-6-12-22-42)31(35)34(45)39(20-4-2)24-41-27-16-10-9-15-26(27)36-37-41/h3-5,7-10,13-16,28-31,42H,1-2,6,11-12,17-24H2/t28-,29+,30-,31?,35?/m0/s1. The molecule has 2 bridgehead atoms. The summed E-state index contributed by atoms with van der Waals surface area (Å²) >= 11 is 1.68. The first-order valence-corrected chi connectivity index (χ1v) is 17.0. The van der Waals surface area contributed by atoms with Crippen LogP contribution in [0.5, 0.6) is 0 Å². The Balaban J connectivity index is 1.33. The smallest absolute Gasteiger partial charge is 0.248 e. The maximum Gasteiger partial charge on any atom is 0.248 e. The SMILES string of the molecule is C=CCN(Cn1nnc2ccccc21)C(=O)C1N(CCCCCO)C(=O)[C@@H]2[C@H](C(=O)N(CC=C)Cc3ccccc3)[C@@H]3CCC12S3. The fourth-order valence-electron chi connectivity index (χ4n) is 7.66. The van der Waals surface area contributed by atoms with Crippen LogP contribution in [-0.2, 0) is 27.6 Å². The van der Waals surface area contributed by atoms with Gasteiger partial charge in [0, 0.05) is 38.0 Å². The number of hydrogen-bond acceptors (Lipinski definition) is 7. The highest BCUT2D eigenvalue weighted by atomic mass is 32.2. The lowest BCUT2D eigenvalue weighted by Gasteiger charge is -2.37. The van der Waals surface area contributed by atoms with Crippen LogP contribution in [0.2, 0.25) is 0 Å². The molecule has 1 aromatic heterocycles. The minimum atomic E-state index is -0.719. The molecular formula is C35H42N6O4S. The van der Waals surface area contributed by atoms with Crippen LogP contribution in [0, 0.1) is 11.8 Å². The van der Waals surface area contributed by atoms with Crippen LogP contribution in [0.25, 0.3) is 11.0 Å². The molecule has 3 saturated heterocycles. The molecule has 3 aliphatic rings. The first-order chi connectivity index (χ1) is 22.4. The second-order valence-electron chi connectivity index (χ2n) is 12.4. The summed E-state index contributed by atoms with van der Waals surface area (Å²) in [6, 6.07) is 16.7. The number of carbonyl (C=O) groups is 3. The van der Waals surface area contributed by atoms with Crippen molar-refractivity contribution in [1.82, 2.24) is 29.7 Å². The average Bonchev–Trinajstić information content (AvgIpc) is 3.82. The first kappa shape index (κ1) is 32.0. The molecule has 6 rings (SSSR count). The van der Waals surface area contributed by atoms with E-state index in [2.05, 4.69) is 23.5 Å². The third-order valence-corrected chi connectivity index (χ3v) is 11.6. The minimum Gasteiger partial charge on any atom is -0.396 e. The molecule has 3 amide bonds. The molecule has 0 saturated carbocycles. The van der Waals surface area contributed by atoms with Gasteiger partial charge in [0.15, 0.2) is 0 Å². The number of unbranched alkanes of at least 4 members (excludes halogenated alkanes) is 2. The molecule has 1 spiro atoms. The minimum absolute atomic E-state index is 0.0384. The molecule has 3 aromatic rings. The van der Waals surface area contributed by atoms with Crippen molar-refractivity contribution in [2.24, 2.45) is 11.8 Å². The van der Waals surface area contributed by atoms with E-state index in [4.69, 9.17) is 0 Å². The molecule has 242 valence electrons. The van der Waals surface area contributed by atoms with Crippen LogP contribution in [0.4, 0.5) is 0 Å². The van der Waals surface area contributed by atoms with E-state index in [1.54, 1.807) is 43.3 Å². The Morgan fingerprint density at radius 1 is 1.00 bits per heavy atom. The number of carbonyl (C=O) groups excluding carboxylic acids is 3. The summed E-state index contributed by atoms with van der Waals surface area (Å²) in [7, 11) is 0. The van der Waals surface area contributed by atoms with Crippen molar-refractivity contribution in [3.8, 4) is 0 Å². The number of benzene rings is 2. The molecule has 2 aromatic carbocycles. The van der Waals surface area contributed by atoms with Gasteiger partial charge in [-0.25, -0.2) is 4.68 Å². The van der Waals surface area contributed by atoms with Crippen molar-refractivity contribution in [2.75, 3.05) is 26.2 Å². The Morgan fingerprint density at radius 3 is 2.50 bits per heavy atom. The van der Waals surface area contributed by atoms with Crippen LogP contribution >= 0.6 is 11.8 Å². The second-order valence-corrected chi connectivity index (χ2v) is 14.0. The Morgan fingerprint density at radius 2 is 1.74 bits per heavy atom. The lowest BCUT2D eigenvalue weighted by atomic mass is 9.70. The van der Waals surface area contributed by atoms with E-state index in [1.807, 2.05) is 54.6 Å². The van der Waals surface area contributed by atoms with E-state index >= 15 is 0 Å². The zero-order valence-electron chi connectivity index (χ0n) is 26.1. The number of nitrogens with zero attached hydrogens (tertiary/aromatic N) is 6. The zero-order chi connectivity index (χ0) is 32.3. The van der Waals surface area contributed by atoms with Gasteiger partial charge in [-0.1, -0.05) is 59.8 Å². The van der Waals surface area contributed by atoms with Crippen LogP contribution in [-0.4, -0.2) is 94.8 Å². The third kappa shape index (κ3) is 5.75. The molecule has 3 aliphatic heterocycles. The Labute approximate surface area is 274 Å². The predicted octanol–water partition coefficient (Wildman–Crippen LogP) is 3.87. The summed E-state index contributed by atoms with van der Waals surface area (Å²) in [6.45, 7) is 9.54. The Hall–Kier alpha value is -3.96. The highest BCUT2D eigenvalue weighted by Crippen LogP contribution is 2.66. The van der Waals surface area contributed by atoms with Crippen molar-refractivity contribution in [3.63, 3.8) is 0 Å². The lowest BCUT2D eigenvalue weighted by molar-refractivity contribution is -0.145. The van der Waals surface area contributed by atoms with E-state index in [9.17, 15) is 19.5 Å². The summed E-state index contributed by atoms with van der Waals surface area (Å²) in [5.41, 5.74) is 2.56. The van der Waals surface area contributed by atoms with Gasteiger partial charge in [0.2, 0.25) is 17.7 Å². The molecule has 46 heavy (non-hydrogen) atoms. The lowest BCUT2D eigenvalue weighted by Crippen LogP contribution is -2.55. The number of aliphatic hydroxyl groups is 1. The summed E-state index contributed by atoms with van der Waals surface area (Å²) in [5.74, 6) is -1.42. The molecular weight excluding hydrogens is 600 g/mol. The molecule has 0 aliphatic carbocycles. The zero-order valence-corrected chi connectivity index (χ0v) is 26.9. The number of fused-ring (bicyclic) bond motifs is 2. The van der Waals surface area contributed by atoms with Crippen molar-refractivity contribution in [1.29, 1.82) is 0 Å². The Kier molecular flexibility index (Phi) is 9.60. The molecule has 1 N–H and O–H groups in total. The van der Waals surface area contributed by atoms with Gasteiger partial charge >= 0.3 is 0 Å².